The second kappa shape index (κ2) is 9.20. The number of fused-ring (bicyclic) bond motifs is 1. The maximum atomic E-state index is 13.8. The van der Waals surface area contributed by atoms with E-state index in [1.165, 1.54) is 11.1 Å². The van der Waals surface area contributed by atoms with Crippen molar-refractivity contribution in [2.75, 3.05) is 24.5 Å². The zero-order chi connectivity index (χ0) is 24.7. The molecule has 10 heteroatoms. The molecule has 6 nitrogen and oxygen atoms in total. The van der Waals surface area contributed by atoms with Crippen LogP contribution in [0.1, 0.15) is 46.1 Å². The molecular weight excluding hydrogens is 481 g/mol. The number of hydrogen-bond donors (Lipinski definition) is 2. The van der Waals surface area contributed by atoms with E-state index < -0.39 is 29.4 Å². The smallest absolute Gasteiger partial charge is 0.433 e. The molecule has 2 aliphatic heterocycles. The largest absolute Gasteiger partial charge is 0.478 e. The summed E-state index contributed by atoms with van der Waals surface area (Å²) in [6, 6.07) is 11.3. The second-order valence-corrected chi connectivity index (χ2v) is 9.40. The van der Waals surface area contributed by atoms with Gasteiger partial charge in [-0.15, -0.1) is 0 Å². The highest BCUT2D eigenvalue weighted by Gasteiger charge is 2.42. The van der Waals surface area contributed by atoms with Gasteiger partial charge in [0.1, 0.15) is 5.56 Å². The van der Waals surface area contributed by atoms with Crippen molar-refractivity contribution in [3.63, 3.8) is 0 Å². The highest BCUT2D eigenvalue weighted by molar-refractivity contribution is 6.31. The Morgan fingerprint density at radius 2 is 2.00 bits per heavy atom. The standard InChI is InChI=1S/C25H24ClF3N4O2/c26-18-5-6-20(16-3-4-17-12-30-8-7-15(17)10-16)22(11-18)32-9-1-2-19(14-32)33-23(25(27,28)29)21(13-31-33)24(34)35/h3-6,10-11,13,19,30H,1-2,7-9,12,14H2,(H,34,35). The number of carboxylic acids is 1. The summed E-state index contributed by atoms with van der Waals surface area (Å²) >= 11 is 6.35. The number of nitrogens with zero attached hydrogens (tertiary/aromatic N) is 3. The Kier molecular flexibility index (Phi) is 6.23. The van der Waals surface area contributed by atoms with E-state index in [-0.39, 0.29) is 6.54 Å². The number of aromatic carboxylic acids is 1. The van der Waals surface area contributed by atoms with Crippen molar-refractivity contribution in [1.29, 1.82) is 0 Å². The number of carboxylic acid groups (broad SMARTS) is 1. The second-order valence-electron chi connectivity index (χ2n) is 8.97. The van der Waals surface area contributed by atoms with Crippen LogP contribution in [0.15, 0.2) is 42.6 Å². The van der Waals surface area contributed by atoms with Crippen LogP contribution in [0.2, 0.25) is 5.02 Å². The van der Waals surface area contributed by atoms with Crippen LogP contribution in [0.25, 0.3) is 11.1 Å². The number of piperidine rings is 1. The molecule has 0 aliphatic carbocycles. The lowest BCUT2D eigenvalue weighted by Gasteiger charge is -2.36. The van der Waals surface area contributed by atoms with E-state index in [2.05, 4.69) is 28.6 Å². The minimum Gasteiger partial charge on any atom is -0.478 e. The van der Waals surface area contributed by atoms with E-state index in [0.29, 0.717) is 24.4 Å². The number of hydrogen-bond acceptors (Lipinski definition) is 4. The van der Waals surface area contributed by atoms with Gasteiger partial charge in [-0.25, -0.2) is 4.79 Å². The van der Waals surface area contributed by atoms with Crippen molar-refractivity contribution < 1.29 is 23.1 Å². The minimum atomic E-state index is -4.83. The topological polar surface area (TPSA) is 70.4 Å². The quantitative estimate of drug-likeness (QED) is 0.497. The molecule has 2 aliphatic rings. The third-order valence-electron chi connectivity index (χ3n) is 6.74. The van der Waals surface area contributed by atoms with Crippen LogP contribution >= 0.6 is 11.6 Å². The van der Waals surface area contributed by atoms with E-state index in [1.807, 2.05) is 23.1 Å². The van der Waals surface area contributed by atoms with E-state index in [4.69, 9.17) is 11.6 Å². The number of carbonyl (C=O) groups is 1. The van der Waals surface area contributed by atoms with Gasteiger partial charge in [0.05, 0.1) is 12.2 Å². The fourth-order valence-corrected chi connectivity index (χ4v) is 5.27. The molecule has 1 aromatic heterocycles. The van der Waals surface area contributed by atoms with Gasteiger partial charge in [-0.2, -0.15) is 18.3 Å². The molecular formula is C25H24ClF3N4O2. The van der Waals surface area contributed by atoms with Crippen LogP contribution in [0.5, 0.6) is 0 Å². The molecule has 1 atom stereocenters. The third-order valence-corrected chi connectivity index (χ3v) is 6.98. The fourth-order valence-electron chi connectivity index (χ4n) is 5.11. The lowest BCUT2D eigenvalue weighted by atomic mass is 9.94. The average molecular weight is 505 g/mol. The Morgan fingerprint density at radius 1 is 1.17 bits per heavy atom. The maximum absolute atomic E-state index is 13.8. The lowest BCUT2D eigenvalue weighted by molar-refractivity contribution is -0.145. The summed E-state index contributed by atoms with van der Waals surface area (Å²) in [4.78, 5) is 13.4. The summed E-state index contributed by atoms with van der Waals surface area (Å²) in [7, 11) is 0. The van der Waals surface area contributed by atoms with Gasteiger partial charge in [0.15, 0.2) is 5.69 Å². The maximum Gasteiger partial charge on any atom is 0.433 e. The van der Waals surface area contributed by atoms with Crippen LogP contribution in [0, 0.1) is 0 Å². The Morgan fingerprint density at radius 3 is 2.77 bits per heavy atom. The highest BCUT2D eigenvalue weighted by Crippen LogP contribution is 2.39. The molecule has 5 rings (SSSR count). The van der Waals surface area contributed by atoms with Crippen molar-refractivity contribution in [3.05, 3.63) is 70.0 Å². The molecule has 3 heterocycles. The van der Waals surface area contributed by atoms with Crippen molar-refractivity contribution in [2.45, 2.75) is 38.0 Å². The Hall–Kier alpha value is -3.04. The van der Waals surface area contributed by atoms with Crippen molar-refractivity contribution in [3.8, 4) is 11.1 Å². The third kappa shape index (κ3) is 4.62. The minimum absolute atomic E-state index is 0.256. The van der Waals surface area contributed by atoms with E-state index in [0.717, 1.165) is 47.2 Å². The SMILES string of the molecule is O=C(O)c1cnn(C2CCCN(c3cc(Cl)ccc3-c3ccc4c(c3)CCNC4)C2)c1C(F)(F)F. The van der Waals surface area contributed by atoms with Gasteiger partial charge in [0, 0.05) is 35.9 Å². The molecule has 0 bridgehead atoms. The van der Waals surface area contributed by atoms with Crippen molar-refractivity contribution in [2.24, 2.45) is 0 Å². The molecule has 2 aromatic carbocycles. The van der Waals surface area contributed by atoms with E-state index in [1.54, 1.807) is 0 Å². The summed E-state index contributed by atoms with van der Waals surface area (Å²) in [5.41, 5.74) is 3.33. The highest BCUT2D eigenvalue weighted by atomic mass is 35.5. The number of rotatable bonds is 4. The van der Waals surface area contributed by atoms with Crippen molar-refractivity contribution in [1.82, 2.24) is 15.1 Å². The molecule has 35 heavy (non-hydrogen) atoms. The van der Waals surface area contributed by atoms with Gasteiger partial charge < -0.3 is 15.3 Å². The van der Waals surface area contributed by atoms with Crippen molar-refractivity contribution >= 4 is 23.3 Å². The number of aromatic nitrogens is 2. The fraction of sp³-hybridized carbons (Fsp3) is 0.360. The Balaban J connectivity index is 1.51. The van der Waals surface area contributed by atoms with Gasteiger partial charge in [0.25, 0.3) is 0 Å². The number of halogens is 4. The van der Waals surface area contributed by atoms with Gasteiger partial charge in [-0.3, -0.25) is 4.68 Å². The first kappa shape index (κ1) is 23.7. The number of anilines is 1. The number of benzene rings is 2. The predicted octanol–water partition coefficient (Wildman–Crippen LogP) is 5.41. The molecule has 0 spiro atoms. The van der Waals surface area contributed by atoms with Crippen LogP contribution in [0.3, 0.4) is 0 Å². The molecule has 1 fully saturated rings. The van der Waals surface area contributed by atoms with Crippen LogP contribution in [-0.4, -0.2) is 40.5 Å². The summed E-state index contributed by atoms with van der Waals surface area (Å²) in [6.45, 7) is 2.65. The number of alkyl halides is 3. The Labute approximate surface area is 205 Å². The van der Waals surface area contributed by atoms with Gasteiger partial charge in [0.2, 0.25) is 0 Å². The average Bonchev–Trinajstić information content (AvgIpc) is 3.30. The van der Waals surface area contributed by atoms with Gasteiger partial charge in [-0.1, -0.05) is 35.9 Å². The molecule has 1 saturated heterocycles. The molecule has 184 valence electrons. The summed E-state index contributed by atoms with van der Waals surface area (Å²) in [6.07, 6.45) is -2.01. The van der Waals surface area contributed by atoms with E-state index in [9.17, 15) is 23.1 Å². The van der Waals surface area contributed by atoms with Crippen LogP contribution in [-0.2, 0) is 19.1 Å². The normalized spacial score (nSPS) is 18.4. The number of nitrogens with one attached hydrogen (secondary N) is 1. The monoisotopic (exact) mass is 504 g/mol. The summed E-state index contributed by atoms with van der Waals surface area (Å²) < 4.78 is 42.2. The lowest BCUT2D eigenvalue weighted by Crippen LogP contribution is -2.38. The van der Waals surface area contributed by atoms with E-state index >= 15 is 0 Å². The Bertz CT molecular complexity index is 1270. The molecule has 3 aromatic rings. The molecule has 0 radical (unpaired) electrons. The zero-order valence-electron chi connectivity index (χ0n) is 18.8. The summed E-state index contributed by atoms with van der Waals surface area (Å²) in [5, 5.41) is 17.0. The zero-order valence-corrected chi connectivity index (χ0v) is 19.5. The molecule has 2 N–H and O–H groups in total. The van der Waals surface area contributed by atoms with Gasteiger partial charge >= 0.3 is 12.1 Å². The van der Waals surface area contributed by atoms with Crippen LogP contribution < -0.4 is 10.2 Å². The summed E-state index contributed by atoms with van der Waals surface area (Å²) in [5.74, 6) is -1.64. The molecule has 1 unspecified atom stereocenters. The van der Waals surface area contributed by atoms with Crippen LogP contribution in [0.4, 0.5) is 18.9 Å². The first-order valence-corrected chi connectivity index (χ1v) is 11.9. The molecule has 0 amide bonds. The first-order chi connectivity index (χ1) is 16.7. The molecule has 0 saturated carbocycles. The first-order valence-electron chi connectivity index (χ1n) is 11.5. The van der Waals surface area contributed by atoms with Gasteiger partial charge in [-0.05, 0) is 54.6 Å². The predicted molar refractivity (Wildman–Crippen MR) is 127 cm³/mol.